The van der Waals surface area contributed by atoms with Gasteiger partial charge in [-0.2, -0.15) is 0 Å². The van der Waals surface area contributed by atoms with E-state index in [4.69, 9.17) is 18.9 Å². The van der Waals surface area contributed by atoms with Gasteiger partial charge in [0.15, 0.2) is 11.5 Å². The molecular weight excluding hydrogens is 478 g/mol. The normalized spacial score (nSPS) is 15.1. The van der Waals surface area contributed by atoms with Crippen molar-refractivity contribution in [3.8, 4) is 28.5 Å². The number of fused-ring (bicyclic) bond motifs is 2. The number of aromatic amines is 1. The second-order valence-corrected chi connectivity index (χ2v) is 8.96. The second kappa shape index (κ2) is 10.9. The zero-order valence-electron chi connectivity index (χ0n) is 21.0. The molecule has 11 nitrogen and oxygen atoms in total. The van der Waals surface area contributed by atoms with Gasteiger partial charge in [-0.15, -0.1) is 0 Å². The van der Waals surface area contributed by atoms with E-state index in [9.17, 15) is 9.59 Å². The lowest BCUT2D eigenvalue weighted by Gasteiger charge is -2.31. The molecular formula is C26H31N5O6. The standard InChI is InChI=1S/C26H31N5O6/c1-3-5-12-35-18-6-7-19-24(37-15-36-19)20(18)22-23-21(28-14-29-22)17(13-27-23)25(32)30-16-8-10-31(11-9-16)26(33)34-4-2/h6-7,13-14,16,27H,3-5,8-12,15H2,1-2H3,(H,30,32). The molecule has 2 aromatic heterocycles. The van der Waals surface area contributed by atoms with E-state index in [1.807, 2.05) is 12.1 Å². The molecule has 0 atom stereocenters. The SMILES string of the molecule is CCCCOc1ccc2c(c1-c1ncnc3c(C(=O)NC4CCN(C(=O)OCC)CC4)c[nH]c13)OCO2. The van der Waals surface area contributed by atoms with E-state index in [2.05, 4.69) is 27.2 Å². The molecule has 11 heteroatoms. The van der Waals surface area contributed by atoms with Gasteiger partial charge in [-0.25, -0.2) is 14.8 Å². The smallest absolute Gasteiger partial charge is 0.409 e. The zero-order chi connectivity index (χ0) is 25.8. The van der Waals surface area contributed by atoms with Crippen molar-refractivity contribution in [1.29, 1.82) is 0 Å². The van der Waals surface area contributed by atoms with E-state index in [0.29, 0.717) is 84.2 Å². The fourth-order valence-corrected chi connectivity index (χ4v) is 4.61. The van der Waals surface area contributed by atoms with Gasteiger partial charge in [0.2, 0.25) is 6.79 Å². The third kappa shape index (κ3) is 4.98. The highest BCUT2D eigenvalue weighted by Crippen LogP contribution is 2.47. The van der Waals surface area contributed by atoms with Gasteiger partial charge in [-0.3, -0.25) is 4.79 Å². The quantitative estimate of drug-likeness (QED) is 0.438. The Hall–Kier alpha value is -4.02. The molecule has 3 aromatic rings. The lowest BCUT2D eigenvalue weighted by atomic mass is 10.0. The summed E-state index contributed by atoms with van der Waals surface area (Å²) in [6, 6.07) is 3.63. The maximum absolute atomic E-state index is 13.2. The molecule has 1 aromatic carbocycles. The van der Waals surface area contributed by atoms with Gasteiger partial charge in [0.05, 0.1) is 29.9 Å². The molecule has 2 amide bonds. The van der Waals surface area contributed by atoms with Crippen LogP contribution < -0.4 is 19.5 Å². The Kier molecular flexibility index (Phi) is 7.29. The molecule has 2 aliphatic heterocycles. The number of amides is 2. The molecule has 0 saturated carbocycles. The summed E-state index contributed by atoms with van der Waals surface area (Å²) >= 11 is 0. The van der Waals surface area contributed by atoms with E-state index < -0.39 is 0 Å². The Labute approximate surface area is 214 Å². The van der Waals surface area contributed by atoms with Gasteiger partial charge in [0.1, 0.15) is 23.3 Å². The van der Waals surface area contributed by atoms with Crippen molar-refractivity contribution in [1.82, 2.24) is 25.2 Å². The van der Waals surface area contributed by atoms with Gasteiger partial charge in [-0.1, -0.05) is 13.3 Å². The number of unbranched alkanes of at least 4 members (excludes halogenated alkanes) is 1. The molecule has 37 heavy (non-hydrogen) atoms. The molecule has 2 N–H and O–H groups in total. The molecule has 0 unspecified atom stereocenters. The van der Waals surface area contributed by atoms with Crippen LogP contribution in [0.15, 0.2) is 24.7 Å². The number of nitrogens with one attached hydrogen (secondary N) is 2. The lowest BCUT2D eigenvalue weighted by Crippen LogP contribution is -2.46. The summed E-state index contributed by atoms with van der Waals surface area (Å²) in [7, 11) is 0. The zero-order valence-corrected chi connectivity index (χ0v) is 21.0. The Morgan fingerprint density at radius 2 is 2.03 bits per heavy atom. The fraction of sp³-hybridized carbons (Fsp3) is 0.462. The maximum Gasteiger partial charge on any atom is 0.409 e. The van der Waals surface area contributed by atoms with Gasteiger partial charge >= 0.3 is 6.09 Å². The third-order valence-electron chi connectivity index (χ3n) is 6.56. The van der Waals surface area contributed by atoms with Gasteiger partial charge in [-0.05, 0) is 38.3 Å². The summed E-state index contributed by atoms with van der Waals surface area (Å²) in [5, 5.41) is 3.08. The molecule has 1 saturated heterocycles. The number of H-pyrrole nitrogens is 1. The van der Waals surface area contributed by atoms with Crippen LogP contribution in [0.5, 0.6) is 17.2 Å². The average Bonchev–Trinajstić information content (AvgIpc) is 3.57. The number of rotatable bonds is 8. The van der Waals surface area contributed by atoms with E-state index in [1.165, 1.54) is 6.33 Å². The minimum atomic E-state index is -0.312. The number of carbonyl (C=O) groups is 2. The van der Waals surface area contributed by atoms with Crippen LogP contribution >= 0.6 is 0 Å². The number of ether oxygens (including phenoxy) is 4. The first kappa shape index (κ1) is 24.7. The highest BCUT2D eigenvalue weighted by atomic mass is 16.7. The van der Waals surface area contributed by atoms with Gasteiger partial charge in [0, 0.05) is 25.3 Å². The summed E-state index contributed by atoms with van der Waals surface area (Å²) < 4.78 is 22.5. The first-order valence-corrected chi connectivity index (χ1v) is 12.7. The third-order valence-corrected chi connectivity index (χ3v) is 6.56. The van der Waals surface area contributed by atoms with Crippen LogP contribution in [0.2, 0.25) is 0 Å². The molecule has 4 heterocycles. The Bertz CT molecular complexity index is 1280. The predicted octanol–water partition coefficient (Wildman–Crippen LogP) is 3.88. The molecule has 0 bridgehead atoms. The number of aromatic nitrogens is 3. The van der Waals surface area contributed by atoms with Crippen LogP contribution in [0.3, 0.4) is 0 Å². The summed E-state index contributed by atoms with van der Waals surface area (Å²) in [6.45, 7) is 5.97. The molecule has 196 valence electrons. The summed E-state index contributed by atoms with van der Waals surface area (Å²) in [5.41, 5.74) is 2.76. The number of hydrogen-bond donors (Lipinski definition) is 2. The topological polar surface area (TPSA) is 128 Å². The van der Waals surface area contributed by atoms with Crippen LogP contribution in [-0.2, 0) is 4.74 Å². The molecule has 2 aliphatic rings. The van der Waals surface area contributed by atoms with Crippen molar-refractivity contribution >= 4 is 23.0 Å². The fourth-order valence-electron chi connectivity index (χ4n) is 4.61. The van der Waals surface area contributed by atoms with Crippen molar-refractivity contribution in [2.45, 2.75) is 45.6 Å². The number of piperidine rings is 1. The Morgan fingerprint density at radius 1 is 1.19 bits per heavy atom. The second-order valence-electron chi connectivity index (χ2n) is 8.96. The van der Waals surface area contributed by atoms with E-state index >= 15 is 0 Å². The van der Waals surface area contributed by atoms with Crippen LogP contribution in [0.4, 0.5) is 4.79 Å². The van der Waals surface area contributed by atoms with Crippen molar-refractivity contribution in [2.75, 3.05) is 33.1 Å². The minimum Gasteiger partial charge on any atom is -0.493 e. The number of hydrogen-bond acceptors (Lipinski definition) is 8. The highest BCUT2D eigenvalue weighted by molar-refractivity contribution is 6.08. The Balaban J connectivity index is 1.39. The van der Waals surface area contributed by atoms with Crippen LogP contribution in [0.1, 0.15) is 49.9 Å². The molecule has 0 aliphatic carbocycles. The van der Waals surface area contributed by atoms with Crippen LogP contribution in [0.25, 0.3) is 22.3 Å². The van der Waals surface area contributed by atoms with Crippen LogP contribution in [0, 0.1) is 0 Å². The van der Waals surface area contributed by atoms with E-state index in [1.54, 1.807) is 18.0 Å². The van der Waals surface area contributed by atoms with Crippen molar-refractivity contribution in [2.24, 2.45) is 0 Å². The largest absolute Gasteiger partial charge is 0.493 e. The van der Waals surface area contributed by atoms with Crippen LogP contribution in [-0.4, -0.2) is 71.0 Å². The number of benzene rings is 1. The molecule has 0 spiro atoms. The van der Waals surface area contributed by atoms with Gasteiger partial charge in [0.25, 0.3) is 5.91 Å². The number of carbonyl (C=O) groups excluding carboxylic acids is 2. The van der Waals surface area contributed by atoms with Gasteiger partial charge < -0.3 is 34.1 Å². The monoisotopic (exact) mass is 509 g/mol. The first-order chi connectivity index (χ1) is 18.1. The predicted molar refractivity (Wildman–Crippen MR) is 135 cm³/mol. The highest BCUT2D eigenvalue weighted by Gasteiger charge is 2.29. The van der Waals surface area contributed by atoms with Crippen molar-refractivity contribution in [3.63, 3.8) is 0 Å². The first-order valence-electron chi connectivity index (χ1n) is 12.7. The average molecular weight is 510 g/mol. The Morgan fingerprint density at radius 3 is 2.81 bits per heavy atom. The van der Waals surface area contributed by atoms with E-state index in [-0.39, 0.29) is 24.8 Å². The van der Waals surface area contributed by atoms with E-state index in [0.717, 1.165) is 12.8 Å². The molecule has 5 rings (SSSR count). The summed E-state index contributed by atoms with van der Waals surface area (Å²) in [5.74, 6) is 1.57. The lowest BCUT2D eigenvalue weighted by molar-refractivity contribution is 0.0861. The summed E-state index contributed by atoms with van der Waals surface area (Å²) in [6.07, 6.45) is 5.99. The maximum atomic E-state index is 13.2. The summed E-state index contributed by atoms with van der Waals surface area (Å²) in [4.78, 5) is 39.0. The minimum absolute atomic E-state index is 0.0501. The number of nitrogens with zero attached hydrogens (tertiary/aromatic N) is 3. The molecule has 0 radical (unpaired) electrons. The number of likely N-dealkylation sites (tertiary alicyclic amines) is 1. The van der Waals surface area contributed by atoms with Crippen molar-refractivity contribution in [3.05, 3.63) is 30.2 Å². The van der Waals surface area contributed by atoms with Crippen molar-refractivity contribution < 1.29 is 28.5 Å². The molecule has 1 fully saturated rings.